The van der Waals surface area contributed by atoms with Crippen molar-refractivity contribution in [3.8, 4) is 0 Å². The van der Waals surface area contributed by atoms with Gasteiger partial charge in [0.2, 0.25) is 0 Å². The van der Waals surface area contributed by atoms with Gasteiger partial charge in [-0.2, -0.15) is 0 Å². The van der Waals surface area contributed by atoms with Crippen LogP contribution < -0.4 is 0 Å². The van der Waals surface area contributed by atoms with E-state index in [2.05, 4.69) is 63.9 Å². The molecule has 0 radical (unpaired) electrons. The first-order chi connectivity index (χ1) is 8.49. The second-order valence-electron chi connectivity index (χ2n) is 4.38. The molecular weight excluding hydrogens is 375 g/mol. The number of benzene rings is 2. The van der Waals surface area contributed by atoms with Crippen LogP contribution in [0.2, 0.25) is 5.02 Å². The van der Waals surface area contributed by atoms with E-state index in [1.165, 1.54) is 16.7 Å². The SMILES string of the molecule is Cc1cc(Cl)c(C(Br)c2cccc(Br)c2)cc1C. The third-order valence-electron chi connectivity index (χ3n) is 3.03. The molecule has 2 rings (SSSR count). The normalized spacial score (nSPS) is 12.5. The highest BCUT2D eigenvalue weighted by atomic mass is 79.9. The van der Waals surface area contributed by atoms with E-state index < -0.39 is 0 Å². The highest BCUT2D eigenvalue weighted by Gasteiger charge is 2.15. The molecule has 1 unspecified atom stereocenters. The van der Waals surface area contributed by atoms with Gasteiger partial charge in [0.1, 0.15) is 0 Å². The molecule has 0 spiro atoms. The molecule has 0 aliphatic carbocycles. The van der Waals surface area contributed by atoms with E-state index in [1.807, 2.05) is 18.2 Å². The van der Waals surface area contributed by atoms with Gasteiger partial charge in [0.05, 0.1) is 4.83 Å². The minimum Gasteiger partial charge on any atom is -0.0840 e. The van der Waals surface area contributed by atoms with Crippen LogP contribution in [0.5, 0.6) is 0 Å². The Balaban J connectivity index is 2.46. The minimum absolute atomic E-state index is 0.113. The summed E-state index contributed by atoms with van der Waals surface area (Å²) in [7, 11) is 0. The molecule has 0 N–H and O–H groups in total. The molecule has 0 amide bonds. The first kappa shape index (κ1) is 14.1. The zero-order valence-electron chi connectivity index (χ0n) is 10.2. The average molecular weight is 389 g/mol. The van der Waals surface area contributed by atoms with Crippen LogP contribution >= 0.6 is 43.5 Å². The van der Waals surface area contributed by atoms with E-state index in [0.717, 1.165) is 15.1 Å². The highest BCUT2D eigenvalue weighted by Crippen LogP contribution is 2.37. The van der Waals surface area contributed by atoms with Gasteiger partial charge in [-0.1, -0.05) is 61.7 Å². The van der Waals surface area contributed by atoms with E-state index in [9.17, 15) is 0 Å². The van der Waals surface area contributed by atoms with Gasteiger partial charge in [-0.3, -0.25) is 0 Å². The fraction of sp³-hybridized carbons (Fsp3) is 0.200. The number of rotatable bonds is 2. The third-order valence-corrected chi connectivity index (χ3v) is 4.87. The third kappa shape index (κ3) is 2.98. The van der Waals surface area contributed by atoms with E-state index in [4.69, 9.17) is 11.6 Å². The van der Waals surface area contributed by atoms with Crippen LogP contribution in [0.4, 0.5) is 0 Å². The molecule has 0 nitrogen and oxygen atoms in total. The van der Waals surface area contributed by atoms with Crippen molar-refractivity contribution in [2.45, 2.75) is 18.7 Å². The van der Waals surface area contributed by atoms with Crippen molar-refractivity contribution in [1.82, 2.24) is 0 Å². The van der Waals surface area contributed by atoms with Crippen LogP contribution in [0.25, 0.3) is 0 Å². The molecule has 0 aliphatic rings. The first-order valence-corrected chi connectivity index (χ1v) is 7.74. The zero-order chi connectivity index (χ0) is 13.3. The van der Waals surface area contributed by atoms with Crippen molar-refractivity contribution in [1.29, 1.82) is 0 Å². The number of hydrogen-bond donors (Lipinski definition) is 0. The molecule has 0 bridgehead atoms. The fourth-order valence-corrected chi connectivity index (χ4v) is 3.38. The molecule has 94 valence electrons. The Morgan fingerprint density at radius 2 is 1.72 bits per heavy atom. The summed E-state index contributed by atoms with van der Waals surface area (Å²) in [5.74, 6) is 0. The monoisotopic (exact) mass is 386 g/mol. The molecule has 18 heavy (non-hydrogen) atoms. The van der Waals surface area contributed by atoms with Crippen LogP contribution in [0.1, 0.15) is 27.1 Å². The maximum atomic E-state index is 6.34. The van der Waals surface area contributed by atoms with Crippen LogP contribution in [-0.4, -0.2) is 0 Å². The number of aryl methyl sites for hydroxylation is 2. The molecule has 0 saturated heterocycles. The van der Waals surface area contributed by atoms with E-state index >= 15 is 0 Å². The van der Waals surface area contributed by atoms with Gasteiger partial charge in [-0.25, -0.2) is 0 Å². The number of hydrogen-bond acceptors (Lipinski definition) is 0. The lowest BCUT2D eigenvalue weighted by atomic mass is 10.0. The van der Waals surface area contributed by atoms with Crippen molar-refractivity contribution in [2.24, 2.45) is 0 Å². The average Bonchev–Trinajstić information content (AvgIpc) is 2.33. The Morgan fingerprint density at radius 3 is 2.39 bits per heavy atom. The topological polar surface area (TPSA) is 0 Å². The Kier molecular flexibility index (Phi) is 4.52. The lowest BCUT2D eigenvalue weighted by molar-refractivity contribution is 1.15. The summed E-state index contributed by atoms with van der Waals surface area (Å²) in [6.07, 6.45) is 0. The lowest BCUT2D eigenvalue weighted by Gasteiger charge is -2.15. The fourth-order valence-electron chi connectivity index (χ4n) is 1.84. The molecule has 2 aromatic rings. The van der Waals surface area contributed by atoms with Crippen molar-refractivity contribution in [3.63, 3.8) is 0 Å². The largest absolute Gasteiger partial charge is 0.0840 e. The Morgan fingerprint density at radius 1 is 1.06 bits per heavy atom. The Bertz CT molecular complexity index is 579. The molecule has 1 atom stereocenters. The second-order valence-corrected chi connectivity index (χ2v) is 6.61. The van der Waals surface area contributed by atoms with Crippen molar-refractivity contribution in [2.75, 3.05) is 0 Å². The summed E-state index contributed by atoms with van der Waals surface area (Å²) in [5.41, 5.74) is 4.78. The van der Waals surface area contributed by atoms with Gasteiger partial charge in [0.25, 0.3) is 0 Å². The number of alkyl halides is 1. The Hall–Kier alpha value is -0.310. The van der Waals surface area contributed by atoms with Crippen molar-refractivity contribution in [3.05, 3.63) is 68.1 Å². The van der Waals surface area contributed by atoms with Crippen LogP contribution in [0.15, 0.2) is 40.9 Å². The summed E-state index contributed by atoms with van der Waals surface area (Å²) >= 11 is 13.6. The predicted molar refractivity (Wildman–Crippen MR) is 85.8 cm³/mol. The summed E-state index contributed by atoms with van der Waals surface area (Å²) in [5, 5.41) is 0.806. The smallest absolute Gasteiger partial charge is 0.0659 e. The van der Waals surface area contributed by atoms with E-state index in [1.54, 1.807) is 0 Å². The molecule has 3 heteroatoms. The maximum absolute atomic E-state index is 6.34. The highest BCUT2D eigenvalue weighted by molar-refractivity contribution is 9.10. The van der Waals surface area contributed by atoms with Gasteiger partial charge >= 0.3 is 0 Å². The van der Waals surface area contributed by atoms with E-state index in [0.29, 0.717) is 0 Å². The Labute approximate surface area is 130 Å². The molecular formula is C15H13Br2Cl. The van der Waals surface area contributed by atoms with Gasteiger partial charge in [0, 0.05) is 9.50 Å². The molecule has 0 fully saturated rings. The number of halogens is 3. The standard InChI is InChI=1S/C15H13Br2Cl/c1-9-6-13(14(18)7-10(9)2)15(17)11-4-3-5-12(16)8-11/h3-8,15H,1-2H3. The molecule has 0 heterocycles. The quantitative estimate of drug-likeness (QED) is 0.537. The van der Waals surface area contributed by atoms with Crippen LogP contribution in [0.3, 0.4) is 0 Å². The van der Waals surface area contributed by atoms with Crippen LogP contribution in [0, 0.1) is 13.8 Å². The van der Waals surface area contributed by atoms with E-state index in [-0.39, 0.29) is 4.83 Å². The van der Waals surface area contributed by atoms with Crippen molar-refractivity contribution < 1.29 is 0 Å². The van der Waals surface area contributed by atoms with Crippen molar-refractivity contribution >= 4 is 43.5 Å². The maximum Gasteiger partial charge on any atom is 0.0659 e. The summed E-state index contributed by atoms with van der Waals surface area (Å²) in [6, 6.07) is 12.4. The van der Waals surface area contributed by atoms with Crippen LogP contribution in [-0.2, 0) is 0 Å². The van der Waals surface area contributed by atoms with Gasteiger partial charge < -0.3 is 0 Å². The second kappa shape index (κ2) is 5.77. The summed E-state index contributed by atoms with van der Waals surface area (Å²) < 4.78 is 1.07. The molecule has 2 aromatic carbocycles. The predicted octanol–water partition coefficient (Wildman–Crippen LogP) is 6.20. The van der Waals surface area contributed by atoms with Gasteiger partial charge in [-0.05, 0) is 54.3 Å². The first-order valence-electron chi connectivity index (χ1n) is 5.65. The molecule has 0 saturated carbocycles. The lowest BCUT2D eigenvalue weighted by Crippen LogP contribution is -1.96. The summed E-state index contributed by atoms with van der Waals surface area (Å²) in [6.45, 7) is 4.18. The molecule has 0 aromatic heterocycles. The zero-order valence-corrected chi connectivity index (χ0v) is 14.1. The minimum atomic E-state index is 0.113. The molecule has 0 aliphatic heterocycles. The summed E-state index contributed by atoms with van der Waals surface area (Å²) in [4.78, 5) is 0.113. The van der Waals surface area contributed by atoms with Gasteiger partial charge in [-0.15, -0.1) is 0 Å². The van der Waals surface area contributed by atoms with Gasteiger partial charge in [0.15, 0.2) is 0 Å².